The Hall–Kier alpha value is -2.94. The third-order valence-corrected chi connectivity index (χ3v) is 2.78. The van der Waals surface area contributed by atoms with Crippen LogP contribution in [0.2, 0.25) is 0 Å². The molecule has 0 aliphatic carbocycles. The van der Waals surface area contributed by atoms with Gasteiger partial charge in [-0.05, 0) is 30.7 Å². The quantitative estimate of drug-likeness (QED) is 0.680. The van der Waals surface area contributed by atoms with Crippen molar-refractivity contribution < 1.29 is 4.92 Å². The summed E-state index contributed by atoms with van der Waals surface area (Å²) in [6.07, 6.45) is 1.75. The van der Waals surface area contributed by atoms with Crippen LogP contribution in [0.5, 0.6) is 0 Å². The number of aryl methyl sites for hydroxylation is 1. The molecular weight excluding hydrogens is 256 g/mol. The minimum Gasteiger partial charge on any atom is -0.381 e. The fourth-order valence-electron chi connectivity index (χ4n) is 1.69. The molecule has 1 N–H and O–H groups in total. The highest BCUT2D eigenvalue weighted by Gasteiger charge is 2.13. The van der Waals surface area contributed by atoms with Crippen LogP contribution in [-0.2, 0) is 6.54 Å². The Morgan fingerprint density at radius 1 is 1.40 bits per heavy atom. The maximum atomic E-state index is 10.9. The lowest BCUT2D eigenvalue weighted by molar-refractivity contribution is -0.385. The van der Waals surface area contributed by atoms with Gasteiger partial charge in [-0.25, -0.2) is 0 Å². The van der Waals surface area contributed by atoms with Gasteiger partial charge in [-0.1, -0.05) is 6.07 Å². The number of anilines is 1. The molecule has 0 saturated heterocycles. The van der Waals surface area contributed by atoms with Gasteiger partial charge in [-0.3, -0.25) is 15.1 Å². The van der Waals surface area contributed by atoms with Crippen molar-refractivity contribution in [2.24, 2.45) is 0 Å². The number of hydrogen-bond acceptors (Lipinski definition) is 5. The molecule has 6 heteroatoms. The van der Waals surface area contributed by atoms with Crippen molar-refractivity contribution in [1.82, 2.24) is 4.98 Å². The highest BCUT2D eigenvalue weighted by molar-refractivity contribution is 5.59. The van der Waals surface area contributed by atoms with Gasteiger partial charge in [0, 0.05) is 30.2 Å². The summed E-state index contributed by atoms with van der Waals surface area (Å²) in [5.74, 6) is 0. The molecule has 1 heterocycles. The van der Waals surface area contributed by atoms with Crippen LogP contribution >= 0.6 is 0 Å². The van der Waals surface area contributed by atoms with Gasteiger partial charge in [0.25, 0.3) is 5.69 Å². The fourth-order valence-corrected chi connectivity index (χ4v) is 1.69. The zero-order chi connectivity index (χ0) is 14.5. The second kappa shape index (κ2) is 5.80. The van der Waals surface area contributed by atoms with E-state index in [1.165, 1.54) is 12.1 Å². The van der Waals surface area contributed by atoms with E-state index in [1.54, 1.807) is 18.3 Å². The standard InChI is InChI=1S/C14H12N4O2/c1-10-2-3-11(8-16-10)9-17-13-5-4-12(7-15)14(6-13)18(19)20/h2-6,8,17H,9H2,1H3. The predicted molar refractivity (Wildman–Crippen MR) is 74.1 cm³/mol. The van der Waals surface area contributed by atoms with E-state index >= 15 is 0 Å². The summed E-state index contributed by atoms with van der Waals surface area (Å²) in [6, 6.07) is 10.1. The molecule has 0 aliphatic rings. The number of rotatable bonds is 4. The van der Waals surface area contributed by atoms with Crippen LogP contribution in [-0.4, -0.2) is 9.91 Å². The first-order valence-corrected chi connectivity index (χ1v) is 5.94. The molecule has 1 aromatic heterocycles. The summed E-state index contributed by atoms with van der Waals surface area (Å²) >= 11 is 0. The highest BCUT2D eigenvalue weighted by Crippen LogP contribution is 2.22. The van der Waals surface area contributed by atoms with Crippen molar-refractivity contribution in [2.45, 2.75) is 13.5 Å². The van der Waals surface area contributed by atoms with Crippen LogP contribution in [0.1, 0.15) is 16.8 Å². The molecule has 2 rings (SSSR count). The number of nitriles is 1. The molecule has 100 valence electrons. The van der Waals surface area contributed by atoms with Gasteiger partial charge in [0.15, 0.2) is 0 Å². The van der Waals surface area contributed by atoms with Crippen molar-refractivity contribution in [3.8, 4) is 6.07 Å². The molecular formula is C14H12N4O2. The van der Waals surface area contributed by atoms with Gasteiger partial charge < -0.3 is 5.32 Å². The number of aromatic nitrogens is 1. The minimum atomic E-state index is -0.558. The van der Waals surface area contributed by atoms with Gasteiger partial charge >= 0.3 is 0 Å². The van der Waals surface area contributed by atoms with E-state index in [0.29, 0.717) is 12.2 Å². The molecule has 6 nitrogen and oxygen atoms in total. The third kappa shape index (κ3) is 3.09. The SMILES string of the molecule is Cc1ccc(CNc2ccc(C#N)c([N+](=O)[O-])c2)cn1. The fraction of sp³-hybridized carbons (Fsp3) is 0.143. The van der Waals surface area contributed by atoms with Gasteiger partial charge in [0.2, 0.25) is 0 Å². The summed E-state index contributed by atoms with van der Waals surface area (Å²) in [5.41, 5.74) is 2.36. The highest BCUT2D eigenvalue weighted by atomic mass is 16.6. The smallest absolute Gasteiger partial charge is 0.289 e. The van der Waals surface area contributed by atoms with Crippen molar-refractivity contribution >= 4 is 11.4 Å². The lowest BCUT2D eigenvalue weighted by atomic mass is 10.1. The van der Waals surface area contributed by atoms with Crippen LogP contribution in [0.3, 0.4) is 0 Å². The molecule has 0 amide bonds. The third-order valence-electron chi connectivity index (χ3n) is 2.78. The second-order valence-corrected chi connectivity index (χ2v) is 4.26. The first-order chi connectivity index (χ1) is 9.60. The first kappa shape index (κ1) is 13.5. The summed E-state index contributed by atoms with van der Waals surface area (Å²) in [7, 11) is 0. The first-order valence-electron chi connectivity index (χ1n) is 5.94. The van der Waals surface area contributed by atoms with Crippen LogP contribution < -0.4 is 5.32 Å². The molecule has 0 bridgehead atoms. The van der Waals surface area contributed by atoms with E-state index in [1.807, 2.05) is 19.1 Å². The summed E-state index contributed by atoms with van der Waals surface area (Å²) < 4.78 is 0. The number of hydrogen-bond donors (Lipinski definition) is 1. The van der Waals surface area contributed by atoms with Crippen molar-refractivity contribution in [1.29, 1.82) is 5.26 Å². The normalized spacial score (nSPS) is 9.80. The Morgan fingerprint density at radius 2 is 2.20 bits per heavy atom. The number of nitro groups is 1. The molecule has 0 fully saturated rings. The average Bonchev–Trinajstić information content (AvgIpc) is 2.46. The zero-order valence-electron chi connectivity index (χ0n) is 10.8. The van der Waals surface area contributed by atoms with Gasteiger partial charge in [0.1, 0.15) is 11.6 Å². The number of pyridine rings is 1. The van der Waals surface area contributed by atoms with Crippen LogP contribution in [0.15, 0.2) is 36.5 Å². The lowest BCUT2D eigenvalue weighted by Gasteiger charge is -2.07. The minimum absolute atomic E-state index is 0.0533. The number of benzene rings is 1. The molecule has 0 radical (unpaired) electrons. The van der Waals surface area contributed by atoms with Gasteiger partial charge in [-0.15, -0.1) is 0 Å². The number of nitrogens with one attached hydrogen (secondary N) is 1. The zero-order valence-corrected chi connectivity index (χ0v) is 10.8. The van der Waals surface area contributed by atoms with E-state index in [9.17, 15) is 10.1 Å². The van der Waals surface area contributed by atoms with Crippen molar-refractivity contribution in [2.75, 3.05) is 5.32 Å². The van der Waals surface area contributed by atoms with Crippen molar-refractivity contribution in [3.63, 3.8) is 0 Å². The van der Waals surface area contributed by atoms with Crippen LogP contribution in [0.25, 0.3) is 0 Å². The lowest BCUT2D eigenvalue weighted by Crippen LogP contribution is -2.01. The van der Waals surface area contributed by atoms with E-state index < -0.39 is 4.92 Å². The monoisotopic (exact) mass is 268 g/mol. The molecule has 0 spiro atoms. The van der Waals surface area contributed by atoms with Crippen molar-refractivity contribution in [3.05, 3.63) is 63.5 Å². The Bertz CT molecular complexity index is 675. The van der Waals surface area contributed by atoms with E-state index in [2.05, 4.69) is 10.3 Å². The molecule has 0 unspecified atom stereocenters. The number of nitro benzene ring substituents is 1. The Morgan fingerprint density at radius 3 is 2.80 bits per heavy atom. The van der Waals surface area contributed by atoms with Crippen LogP contribution in [0, 0.1) is 28.4 Å². The Kier molecular flexibility index (Phi) is 3.91. The van der Waals surface area contributed by atoms with E-state index in [4.69, 9.17) is 5.26 Å². The molecule has 2 aromatic rings. The molecule has 1 aromatic carbocycles. The molecule has 0 saturated carbocycles. The summed E-state index contributed by atoms with van der Waals surface area (Å²) in [5, 5.41) is 22.7. The van der Waals surface area contributed by atoms with E-state index in [-0.39, 0.29) is 11.3 Å². The Balaban J connectivity index is 2.14. The molecule has 20 heavy (non-hydrogen) atoms. The summed E-state index contributed by atoms with van der Waals surface area (Å²) in [4.78, 5) is 14.5. The van der Waals surface area contributed by atoms with Crippen LogP contribution in [0.4, 0.5) is 11.4 Å². The Labute approximate surface area is 115 Å². The average molecular weight is 268 g/mol. The molecule has 0 aliphatic heterocycles. The summed E-state index contributed by atoms with van der Waals surface area (Å²) in [6.45, 7) is 2.41. The van der Waals surface area contributed by atoms with Gasteiger partial charge in [-0.2, -0.15) is 5.26 Å². The maximum absolute atomic E-state index is 10.9. The van der Waals surface area contributed by atoms with Gasteiger partial charge in [0.05, 0.1) is 4.92 Å². The topological polar surface area (TPSA) is 91.8 Å². The molecule has 0 atom stereocenters. The predicted octanol–water partition coefficient (Wildman–Crippen LogP) is 2.78. The number of nitrogens with zero attached hydrogens (tertiary/aromatic N) is 3. The maximum Gasteiger partial charge on any atom is 0.289 e. The second-order valence-electron chi connectivity index (χ2n) is 4.26. The van der Waals surface area contributed by atoms with E-state index in [0.717, 1.165) is 11.3 Å². The largest absolute Gasteiger partial charge is 0.381 e.